The maximum atomic E-state index is 9.36. The first-order chi connectivity index (χ1) is 6.77. The fourth-order valence-corrected chi connectivity index (χ4v) is 2.91. The van der Waals surface area contributed by atoms with Gasteiger partial charge in [-0.3, -0.25) is 0 Å². The van der Waals surface area contributed by atoms with Crippen molar-refractivity contribution in [2.45, 2.75) is 26.9 Å². The number of aliphatic hydroxyl groups is 1. The molecule has 2 rings (SSSR count). The van der Waals surface area contributed by atoms with E-state index in [0.717, 1.165) is 12.0 Å². The summed E-state index contributed by atoms with van der Waals surface area (Å²) in [5, 5.41) is 12.8. The van der Waals surface area contributed by atoms with Gasteiger partial charge >= 0.3 is 0 Å². The van der Waals surface area contributed by atoms with Crippen LogP contribution in [0.1, 0.15) is 23.6 Å². The van der Waals surface area contributed by atoms with Gasteiger partial charge in [0.25, 0.3) is 0 Å². The van der Waals surface area contributed by atoms with Gasteiger partial charge in [0, 0.05) is 10.1 Å². The van der Waals surface area contributed by atoms with E-state index in [1.165, 1.54) is 21.2 Å². The van der Waals surface area contributed by atoms with Crippen molar-refractivity contribution in [1.82, 2.24) is 0 Å². The van der Waals surface area contributed by atoms with Crippen LogP contribution in [0.25, 0.3) is 10.1 Å². The highest BCUT2D eigenvalue weighted by Gasteiger charge is 2.08. The summed E-state index contributed by atoms with van der Waals surface area (Å²) in [5.41, 5.74) is 3.64. The molecule has 0 radical (unpaired) electrons. The summed E-state index contributed by atoms with van der Waals surface area (Å²) in [4.78, 5) is 0. The second kappa shape index (κ2) is 3.71. The molecule has 0 aliphatic rings. The molecule has 0 bridgehead atoms. The zero-order chi connectivity index (χ0) is 10.1. The van der Waals surface area contributed by atoms with Crippen molar-refractivity contribution in [3.8, 4) is 0 Å². The number of hydrogen-bond donors (Lipinski definition) is 1. The summed E-state index contributed by atoms with van der Waals surface area (Å²) in [6.45, 7) is 4.36. The van der Waals surface area contributed by atoms with E-state index in [0.29, 0.717) is 0 Å². The first kappa shape index (κ1) is 9.69. The lowest BCUT2D eigenvalue weighted by Gasteiger charge is -2.05. The Hall–Kier alpha value is -0.860. The highest BCUT2D eigenvalue weighted by molar-refractivity contribution is 7.17. The summed E-state index contributed by atoms with van der Waals surface area (Å²) in [6, 6.07) is 4.23. The highest BCUT2D eigenvalue weighted by atomic mass is 32.1. The molecule has 74 valence electrons. The molecular weight excluding hydrogens is 192 g/mol. The Balaban J connectivity index is 2.81. The molecule has 0 atom stereocenters. The van der Waals surface area contributed by atoms with Crippen molar-refractivity contribution < 1.29 is 5.11 Å². The molecule has 1 N–H and O–H groups in total. The Morgan fingerprint density at radius 3 is 2.79 bits per heavy atom. The molecule has 0 amide bonds. The predicted molar refractivity (Wildman–Crippen MR) is 61.9 cm³/mol. The summed E-state index contributed by atoms with van der Waals surface area (Å²) in [7, 11) is 0. The van der Waals surface area contributed by atoms with E-state index < -0.39 is 0 Å². The monoisotopic (exact) mass is 206 g/mol. The van der Waals surface area contributed by atoms with E-state index in [2.05, 4.69) is 31.4 Å². The van der Waals surface area contributed by atoms with Crippen molar-refractivity contribution in [2.24, 2.45) is 0 Å². The molecule has 0 fully saturated rings. The molecule has 0 saturated heterocycles. The molecule has 0 aliphatic carbocycles. The number of hydrogen-bond acceptors (Lipinski definition) is 2. The van der Waals surface area contributed by atoms with Crippen LogP contribution in [0.4, 0.5) is 0 Å². The van der Waals surface area contributed by atoms with Crippen molar-refractivity contribution in [3.63, 3.8) is 0 Å². The van der Waals surface area contributed by atoms with Gasteiger partial charge in [-0.05, 0) is 41.5 Å². The molecule has 2 aromatic rings. The van der Waals surface area contributed by atoms with Gasteiger partial charge in [-0.25, -0.2) is 0 Å². The molecule has 0 unspecified atom stereocenters. The Labute approximate surface area is 88.0 Å². The van der Waals surface area contributed by atoms with Gasteiger partial charge in [0.05, 0.1) is 6.61 Å². The van der Waals surface area contributed by atoms with Crippen LogP contribution in [0.5, 0.6) is 0 Å². The van der Waals surface area contributed by atoms with Gasteiger partial charge in [-0.1, -0.05) is 13.0 Å². The van der Waals surface area contributed by atoms with Crippen molar-refractivity contribution >= 4 is 21.4 Å². The fraction of sp³-hybridized carbons (Fsp3) is 0.333. The van der Waals surface area contributed by atoms with Crippen LogP contribution >= 0.6 is 11.3 Å². The number of aliphatic hydroxyl groups excluding tert-OH is 1. The lowest BCUT2D eigenvalue weighted by molar-refractivity contribution is 0.282. The van der Waals surface area contributed by atoms with Crippen LogP contribution in [0, 0.1) is 6.92 Å². The third-order valence-corrected chi connectivity index (χ3v) is 3.69. The largest absolute Gasteiger partial charge is 0.392 e. The number of fused-ring (bicyclic) bond motifs is 1. The predicted octanol–water partition coefficient (Wildman–Crippen LogP) is 3.26. The smallest absolute Gasteiger partial charge is 0.0690 e. The first-order valence-electron chi connectivity index (χ1n) is 4.87. The number of benzene rings is 1. The van der Waals surface area contributed by atoms with Crippen molar-refractivity contribution in [3.05, 3.63) is 34.2 Å². The fourth-order valence-electron chi connectivity index (χ4n) is 1.84. The standard InChI is InChI=1S/C12H14OS/c1-3-9-7-14-11-5-4-8(2)10(6-13)12(9)11/h4-5,7,13H,3,6H2,1-2H3. The van der Waals surface area contributed by atoms with Gasteiger partial charge < -0.3 is 5.11 Å². The van der Waals surface area contributed by atoms with E-state index in [1.807, 2.05) is 0 Å². The lowest BCUT2D eigenvalue weighted by Crippen LogP contribution is -1.91. The Morgan fingerprint density at radius 1 is 1.36 bits per heavy atom. The average Bonchev–Trinajstić information content (AvgIpc) is 2.61. The van der Waals surface area contributed by atoms with Gasteiger partial charge in [0.15, 0.2) is 0 Å². The van der Waals surface area contributed by atoms with E-state index in [4.69, 9.17) is 0 Å². The molecule has 1 aromatic heterocycles. The topological polar surface area (TPSA) is 20.2 Å². The SMILES string of the molecule is CCc1csc2ccc(C)c(CO)c12. The van der Waals surface area contributed by atoms with Gasteiger partial charge in [-0.2, -0.15) is 0 Å². The summed E-state index contributed by atoms with van der Waals surface area (Å²) in [6.07, 6.45) is 1.04. The molecule has 1 nitrogen and oxygen atoms in total. The summed E-state index contributed by atoms with van der Waals surface area (Å²) >= 11 is 1.77. The lowest BCUT2D eigenvalue weighted by atomic mass is 10.0. The first-order valence-corrected chi connectivity index (χ1v) is 5.75. The maximum absolute atomic E-state index is 9.36. The second-order valence-corrected chi connectivity index (χ2v) is 4.42. The van der Waals surface area contributed by atoms with Gasteiger partial charge in [-0.15, -0.1) is 11.3 Å². The van der Waals surface area contributed by atoms with Gasteiger partial charge in [0.1, 0.15) is 0 Å². The van der Waals surface area contributed by atoms with Crippen LogP contribution in [-0.4, -0.2) is 5.11 Å². The highest BCUT2D eigenvalue weighted by Crippen LogP contribution is 2.31. The van der Waals surface area contributed by atoms with Crippen LogP contribution in [0.2, 0.25) is 0 Å². The zero-order valence-corrected chi connectivity index (χ0v) is 9.32. The van der Waals surface area contributed by atoms with Crippen molar-refractivity contribution in [1.29, 1.82) is 0 Å². The molecule has 14 heavy (non-hydrogen) atoms. The normalized spacial score (nSPS) is 11.1. The Bertz CT molecular complexity index is 457. The van der Waals surface area contributed by atoms with E-state index >= 15 is 0 Å². The third-order valence-electron chi connectivity index (χ3n) is 2.70. The average molecular weight is 206 g/mol. The molecule has 1 heterocycles. The molecule has 0 spiro atoms. The maximum Gasteiger partial charge on any atom is 0.0690 e. The molecule has 0 aliphatic heterocycles. The minimum atomic E-state index is 0.146. The molecule has 1 aromatic carbocycles. The molecule has 0 saturated carbocycles. The number of thiophene rings is 1. The molecule has 2 heteroatoms. The van der Waals surface area contributed by atoms with E-state index in [9.17, 15) is 5.11 Å². The van der Waals surface area contributed by atoms with Crippen LogP contribution in [0.3, 0.4) is 0 Å². The number of rotatable bonds is 2. The van der Waals surface area contributed by atoms with Crippen molar-refractivity contribution in [2.75, 3.05) is 0 Å². The van der Waals surface area contributed by atoms with Crippen LogP contribution in [0.15, 0.2) is 17.5 Å². The number of aryl methyl sites for hydroxylation is 2. The second-order valence-electron chi connectivity index (χ2n) is 3.51. The van der Waals surface area contributed by atoms with E-state index in [-0.39, 0.29) is 6.61 Å². The molecular formula is C12H14OS. The minimum Gasteiger partial charge on any atom is -0.392 e. The Kier molecular flexibility index (Phi) is 2.57. The zero-order valence-electron chi connectivity index (χ0n) is 8.50. The summed E-state index contributed by atoms with van der Waals surface area (Å²) < 4.78 is 1.29. The Morgan fingerprint density at radius 2 is 2.14 bits per heavy atom. The van der Waals surface area contributed by atoms with Gasteiger partial charge in [0.2, 0.25) is 0 Å². The van der Waals surface area contributed by atoms with E-state index in [1.54, 1.807) is 11.3 Å². The minimum absolute atomic E-state index is 0.146. The quantitative estimate of drug-likeness (QED) is 0.799. The van der Waals surface area contributed by atoms with Crippen LogP contribution in [-0.2, 0) is 13.0 Å². The van der Waals surface area contributed by atoms with Crippen LogP contribution < -0.4 is 0 Å². The summed E-state index contributed by atoms with van der Waals surface area (Å²) in [5.74, 6) is 0. The third kappa shape index (κ3) is 1.35.